The second-order valence-corrected chi connectivity index (χ2v) is 9.70. The third-order valence-corrected chi connectivity index (χ3v) is 7.29. The molecule has 3 aromatic carbocycles. The molecule has 0 aromatic heterocycles. The Morgan fingerprint density at radius 1 is 1.00 bits per heavy atom. The predicted molar refractivity (Wildman–Crippen MR) is 131 cm³/mol. The van der Waals surface area contributed by atoms with E-state index < -0.39 is 27.4 Å². The highest BCUT2D eigenvalue weighted by atomic mass is 32.2. The third-order valence-electron chi connectivity index (χ3n) is 5.50. The molecule has 1 aliphatic heterocycles. The minimum absolute atomic E-state index is 0.0224. The summed E-state index contributed by atoms with van der Waals surface area (Å²) >= 11 is 0. The smallest absolute Gasteiger partial charge is 0.269 e. The normalized spacial score (nSPS) is 13.5. The molecule has 0 radical (unpaired) electrons. The Balaban J connectivity index is 1.56. The summed E-state index contributed by atoms with van der Waals surface area (Å²) < 4.78 is 27.6. The molecule has 0 unspecified atom stereocenters. The quantitative estimate of drug-likeness (QED) is 0.376. The van der Waals surface area contributed by atoms with Gasteiger partial charge in [-0.3, -0.25) is 24.0 Å². The Hall–Kier alpha value is -4.25. The zero-order valence-electron chi connectivity index (χ0n) is 18.5. The number of hydrogen-bond acceptors (Lipinski definition) is 6. The predicted octanol–water partition coefficient (Wildman–Crippen LogP) is 3.56. The number of carbonyl (C=O) groups is 2. The molecular weight excluding hydrogens is 472 g/mol. The molecule has 0 bridgehead atoms. The number of nitrogens with one attached hydrogen (secondary N) is 1. The lowest BCUT2D eigenvalue weighted by molar-refractivity contribution is -0.384. The van der Waals surface area contributed by atoms with Crippen LogP contribution < -0.4 is 14.5 Å². The van der Waals surface area contributed by atoms with Crippen LogP contribution in [0.1, 0.15) is 12.8 Å². The average molecular weight is 495 g/mol. The van der Waals surface area contributed by atoms with Gasteiger partial charge in [0.1, 0.15) is 6.54 Å². The van der Waals surface area contributed by atoms with Gasteiger partial charge in [0.25, 0.3) is 15.7 Å². The van der Waals surface area contributed by atoms with Crippen molar-refractivity contribution in [2.24, 2.45) is 0 Å². The summed E-state index contributed by atoms with van der Waals surface area (Å²) in [4.78, 5) is 36.8. The first-order chi connectivity index (χ1) is 16.8. The maximum Gasteiger partial charge on any atom is 0.269 e. The lowest BCUT2D eigenvalue weighted by Gasteiger charge is -2.24. The maximum absolute atomic E-state index is 13.3. The van der Waals surface area contributed by atoms with E-state index in [0.29, 0.717) is 18.7 Å². The van der Waals surface area contributed by atoms with E-state index in [1.54, 1.807) is 47.4 Å². The summed E-state index contributed by atoms with van der Waals surface area (Å²) in [5.41, 5.74) is 1.07. The van der Waals surface area contributed by atoms with Crippen molar-refractivity contribution in [2.45, 2.75) is 17.7 Å². The molecule has 4 rings (SSSR count). The number of carbonyl (C=O) groups excluding carboxylic acids is 2. The Bertz CT molecular complexity index is 1340. The van der Waals surface area contributed by atoms with Gasteiger partial charge in [0.2, 0.25) is 11.8 Å². The topological polar surface area (TPSA) is 130 Å². The molecule has 1 aliphatic rings. The van der Waals surface area contributed by atoms with E-state index in [1.807, 2.05) is 0 Å². The molecule has 180 valence electrons. The SMILES string of the molecule is O=C(CN(c1ccc([N+](=O)[O-])cc1)S(=O)(=O)c1ccccc1)Nc1ccc(N2CCCC2=O)cc1. The molecule has 2 amide bonds. The average Bonchev–Trinajstić information content (AvgIpc) is 3.29. The molecule has 1 N–H and O–H groups in total. The standard InChI is InChI=1S/C24H22N4O6S/c29-23(25-18-8-10-19(11-9-18)26-16-4-7-24(26)30)17-27(20-12-14-21(15-13-20)28(31)32)35(33,34)22-5-2-1-3-6-22/h1-3,5-6,8-15H,4,7,16-17H2,(H,25,29). The van der Waals surface area contributed by atoms with E-state index >= 15 is 0 Å². The van der Waals surface area contributed by atoms with Crippen LogP contribution >= 0.6 is 0 Å². The monoisotopic (exact) mass is 494 g/mol. The summed E-state index contributed by atoms with van der Waals surface area (Å²) in [5, 5.41) is 13.7. The molecule has 1 heterocycles. The van der Waals surface area contributed by atoms with Crippen LogP contribution in [0.2, 0.25) is 0 Å². The second-order valence-electron chi connectivity index (χ2n) is 7.84. The van der Waals surface area contributed by atoms with Crippen LogP contribution in [0.15, 0.2) is 83.8 Å². The summed E-state index contributed by atoms with van der Waals surface area (Å²) in [6.07, 6.45) is 1.30. The molecule has 0 spiro atoms. The van der Waals surface area contributed by atoms with E-state index in [2.05, 4.69) is 5.32 Å². The van der Waals surface area contributed by atoms with Gasteiger partial charge in [-0.1, -0.05) is 18.2 Å². The molecule has 1 saturated heterocycles. The van der Waals surface area contributed by atoms with Crippen LogP contribution in [0.5, 0.6) is 0 Å². The molecule has 0 atom stereocenters. The van der Waals surface area contributed by atoms with Gasteiger partial charge in [0.15, 0.2) is 0 Å². The molecule has 3 aromatic rings. The van der Waals surface area contributed by atoms with E-state index in [9.17, 15) is 28.1 Å². The number of non-ortho nitro benzene ring substituents is 1. The van der Waals surface area contributed by atoms with Crippen molar-refractivity contribution in [3.63, 3.8) is 0 Å². The van der Waals surface area contributed by atoms with Gasteiger partial charge in [-0.05, 0) is 55.0 Å². The highest BCUT2D eigenvalue weighted by Crippen LogP contribution is 2.27. The number of amides is 2. The largest absolute Gasteiger partial charge is 0.325 e. The van der Waals surface area contributed by atoms with Gasteiger partial charge >= 0.3 is 0 Å². The number of sulfonamides is 1. The van der Waals surface area contributed by atoms with E-state index in [0.717, 1.165) is 16.4 Å². The van der Waals surface area contributed by atoms with Crippen molar-refractivity contribution in [3.05, 3.63) is 89.0 Å². The molecule has 0 aliphatic carbocycles. The lowest BCUT2D eigenvalue weighted by atomic mass is 10.2. The fourth-order valence-electron chi connectivity index (χ4n) is 3.75. The van der Waals surface area contributed by atoms with Gasteiger partial charge in [-0.25, -0.2) is 8.42 Å². The van der Waals surface area contributed by atoms with E-state index in [-0.39, 0.29) is 22.2 Å². The Morgan fingerprint density at radius 2 is 1.66 bits per heavy atom. The fraction of sp³-hybridized carbons (Fsp3) is 0.167. The van der Waals surface area contributed by atoms with Gasteiger partial charge in [0, 0.05) is 36.5 Å². The first kappa shape index (κ1) is 23.9. The number of anilines is 3. The van der Waals surface area contributed by atoms with Crippen LogP contribution in [-0.2, 0) is 19.6 Å². The molecule has 35 heavy (non-hydrogen) atoms. The van der Waals surface area contributed by atoms with Crippen molar-refractivity contribution < 1.29 is 22.9 Å². The van der Waals surface area contributed by atoms with Crippen LogP contribution in [0, 0.1) is 10.1 Å². The first-order valence-corrected chi connectivity index (χ1v) is 12.2. The molecule has 11 heteroatoms. The van der Waals surface area contributed by atoms with Crippen molar-refractivity contribution in [3.8, 4) is 0 Å². The number of nitro groups is 1. The van der Waals surface area contributed by atoms with Crippen LogP contribution in [0.3, 0.4) is 0 Å². The number of nitrogens with zero attached hydrogens (tertiary/aromatic N) is 3. The van der Waals surface area contributed by atoms with Crippen LogP contribution in [-0.4, -0.2) is 38.2 Å². The third kappa shape index (κ3) is 5.30. The summed E-state index contributed by atoms with van der Waals surface area (Å²) in [7, 11) is -4.14. The highest BCUT2D eigenvalue weighted by molar-refractivity contribution is 7.92. The highest BCUT2D eigenvalue weighted by Gasteiger charge is 2.28. The minimum Gasteiger partial charge on any atom is -0.325 e. The van der Waals surface area contributed by atoms with Gasteiger partial charge < -0.3 is 10.2 Å². The molecule has 10 nitrogen and oxygen atoms in total. The number of benzene rings is 3. The number of rotatable bonds is 8. The maximum atomic E-state index is 13.3. The van der Waals surface area contributed by atoms with Crippen LogP contribution in [0.25, 0.3) is 0 Å². The second kappa shape index (κ2) is 9.94. The molecule has 0 saturated carbocycles. The van der Waals surface area contributed by atoms with Crippen LogP contribution in [0.4, 0.5) is 22.7 Å². The molecular formula is C24H22N4O6S. The summed E-state index contributed by atoms with van der Waals surface area (Å²) in [6.45, 7) is 0.0908. The van der Waals surface area contributed by atoms with E-state index in [1.165, 1.54) is 36.4 Å². The minimum atomic E-state index is -4.14. The first-order valence-electron chi connectivity index (χ1n) is 10.8. The Labute approximate surface area is 202 Å². The zero-order chi connectivity index (χ0) is 25.0. The fourth-order valence-corrected chi connectivity index (χ4v) is 5.19. The number of hydrogen-bond donors (Lipinski definition) is 1. The van der Waals surface area contributed by atoms with E-state index in [4.69, 9.17) is 0 Å². The van der Waals surface area contributed by atoms with Gasteiger partial charge in [-0.2, -0.15) is 0 Å². The molecule has 1 fully saturated rings. The van der Waals surface area contributed by atoms with Gasteiger partial charge in [0.05, 0.1) is 15.5 Å². The lowest BCUT2D eigenvalue weighted by Crippen LogP contribution is -2.38. The number of nitro benzene ring substituents is 1. The zero-order valence-corrected chi connectivity index (χ0v) is 19.3. The van der Waals surface area contributed by atoms with Crippen molar-refractivity contribution in [2.75, 3.05) is 27.6 Å². The Kier molecular flexibility index (Phi) is 6.78. The summed E-state index contributed by atoms with van der Waals surface area (Å²) in [6, 6.07) is 19.2. The Morgan fingerprint density at radius 3 is 2.23 bits per heavy atom. The van der Waals surface area contributed by atoms with Crippen molar-refractivity contribution in [1.82, 2.24) is 0 Å². The van der Waals surface area contributed by atoms with Crippen molar-refractivity contribution >= 4 is 44.6 Å². The van der Waals surface area contributed by atoms with Gasteiger partial charge in [-0.15, -0.1) is 0 Å². The van der Waals surface area contributed by atoms with Crippen molar-refractivity contribution in [1.29, 1.82) is 0 Å². The summed E-state index contributed by atoms with van der Waals surface area (Å²) in [5.74, 6) is -0.556.